The zero-order valence-electron chi connectivity index (χ0n) is 15.0. The number of anilines is 2. The van der Waals surface area contributed by atoms with Gasteiger partial charge in [0.2, 0.25) is 0 Å². The molecule has 1 aromatic heterocycles. The fourth-order valence-electron chi connectivity index (χ4n) is 3.32. The van der Waals surface area contributed by atoms with Crippen molar-refractivity contribution in [1.29, 1.82) is 0 Å². The summed E-state index contributed by atoms with van der Waals surface area (Å²) in [4.78, 5) is 16.7. The minimum atomic E-state index is -0.303. The highest BCUT2D eigenvalue weighted by Gasteiger charge is 2.20. The topological polar surface area (TPSA) is 65.4 Å². The van der Waals surface area contributed by atoms with Crippen LogP contribution in [0.2, 0.25) is 5.02 Å². The van der Waals surface area contributed by atoms with E-state index >= 15 is 0 Å². The maximum atomic E-state index is 12.6. The van der Waals surface area contributed by atoms with E-state index in [1.54, 1.807) is 37.0 Å². The molecule has 1 N–H and O–H groups in total. The zero-order chi connectivity index (χ0) is 19.0. The van der Waals surface area contributed by atoms with Crippen LogP contribution in [-0.2, 0) is 13.0 Å². The number of para-hydroxylation sites is 1. The molecule has 0 aliphatic carbocycles. The third kappa shape index (κ3) is 3.13. The summed E-state index contributed by atoms with van der Waals surface area (Å²) in [7, 11) is 3.21. The smallest absolute Gasteiger partial charge is 0.350 e. The quantitative estimate of drug-likeness (QED) is 0.740. The lowest BCUT2D eigenvalue weighted by atomic mass is 9.97. The molecule has 1 aliphatic heterocycles. The molecule has 0 fully saturated rings. The van der Waals surface area contributed by atoms with Crippen LogP contribution >= 0.6 is 11.6 Å². The Balaban J connectivity index is 1.80. The average molecular weight is 384 g/mol. The summed E-state index contributed by atoms with van der Waals surface area (Å²) in [6.45, 7) is 0.580. The number of fused-ring (bicyclic) bond motifs is 3. The lowest BCUT2D eigenvalue weighted by molar-refractivity contribution is 0.414. The number of hydrogen-bond acceptors (Lipinski definition) is 5. The van der Waals surface area contributed by atoms with Crippen LogP contribution in [0, 0.1) is 0 Å². The van der Waals surface area contributed by atoms with Crippen molar-refractivity contribution in [1.82, 2.24) is 9.55 Å². The molecule has 0 unspecified atom stereocenters. The number of nitrogens with one attached hydrogen (secondary N) is 1. The minimum absolute atomic E-state index is 0.303. The van der Waals surface area contributed by atoms with E-state index in [1.165, 1.54) is 0 Å². The van der Waals surface area contributed by atoms with Crippen LogP contribution in [0.3, 0.4) is 0 Å². The second-order valence-electron chi connectivity index (χ2n) is 6.18. The third-order valence-electron chi connectivity index (χ3n) is 4.65. The van der Waals surface area contributed by atoms with Crippen LogP contribution in [-0.4, -0.2) is 23.8 Å². The van der Waals surface area contributed by atoms with Crippen LogP contribution in [0.25, 0.3) is 11.3 Å². The van der Waals surface area contributed by atoms with Crippen molar-refractivity contribution in [2.75, 3.05) is 19.5 Å². The molecule has 4 rings (SSSR count). The van der Waals surface area contributed by atoms with Gasteiger partial charge >= 0.3 is 5.69 Å². The largest absolute Gasteiger partial charge is 0.497 e. The van der Waals surface area contributed by atoms with E-state index in [1.807, 2.05) is 24.3 Å². The Morgan fingerprint density at radius 3 is 2.78 bits per heavy atom. The summed E-state index contributed by atoms with van der Waals surface area (Å²) < 4.78 is 12.3. The van der Waals surface area contributed by atoms with Gasteiger partial charge in [-0.25, -0.2) is 4.79 Å². The first kappa shape index (κ1) is 17.4. The van der Waals surface area contributed by atoms with Gasteiger partial charge in [-0.05, 0) is 42.3 Å². The maximum absolute atomic E-state index is 12.6. The van der Waals surface area contributed by atoms with Crippen molar-refractivity contribution >= 4 is 23.1 Å². The summed E-state index contributed by atoms with van der Waals surface area (Å²) >= 11 is 6.29. The van der Waals surface area contributed by atoms with Crippen molar-refractivity contribution < 1.29 is 9.47 Å². The lowest BCUT2D eigenvalue weighted by Crippen LogP contribution is -2.28. The Labute approximate surface area is 161 Å². The van der Waals surface area contributed by atoms with Crippen molar-refractivity contribution in [3.05, 3.63) is 63.5 Å². The van der Waals surface area contributed by atoms with Gasteiger partial charge in [-0.15, -0.1) is 0 Å². The molecule has 0 saturated carbocycles. The number of nitrogens with zero attached hydrogens (tertiary/aromatic N) is 2. The summed E-state index contributed by atoms with van der Waals surface area (Å²) in [6.07, 6.45) is 0.756. The summed E-state index contributed by atoms with van der Waals surface area (Å²) in [5, 5.41) is 3.62. The summed E-state index contributed by atoms with van der Waals surface area (Å²) in [5.41, 5.74) is 3.22. The van der Waals surface area contributed by atoms with Gasteiger partial charge in [-0.1, -0.05) is 17.7 Å². The fourth-order valence-corrected chi connectivity index (χ4v) is 3.53. The number of ether oxygens (including phenoxy) is 2. The second-order valence-corrected chi connectivity index (χ2v) is 6.58. The lowest BCUT2D eigenvalue weighted by Gasteiger charge is -2.22. The maximum Gasteiger partial charge on any atom is 0.350 e. The Bertz CT molecular complexity index is 1080. The Kier molecular flexibility index (Phi) is 4.49. The molecule has 0 spiro atoms. The molecule has 2 heterocycles. The van der Waals surface area contributed by atoms with E-state index in [-0.39, 0.29) is 5.69 Å². The van der Waals surface area contributed by atoms with Crippen LogP contribution in [0.4, 0.5) is 11.5 Å². The van der Waals surface area contributed by atoms with E-state index in [0.29, 0.717) is 28.8 Å². The van der Waals surface area contributed by atoms with Crippen molar-refractivity contribution in [2.24, 2.45) is 0 Å². The molecule has 0 radical (unpaired) electrons. The van der Waals surface area contributed by atoms with Gasteiger partial charge < -0.3 is 14.8 Å². The summed E-state index contributed by atoms with van der Waals surface area (Å²) in [6, 6.07) is 13.1. The Morgan fingerprint density at radius 2 is 2.00 bits per heavy atom. The highest BCUT2D eigenvalue weighted by atomic mass is 35.5. The van der Waals surface area contributed by atoms with Crippen LogP contribution in [0.5, 0.6) is 11.5 Å². The van der Waals surface area contributed by atoms with Crippen molar-refractivity contribution in [3.8, 4) is 22.8 Å². The van der Waals surface area contributed by atoms with E-state index in [0.717, 1.165) is 29.0 Å². The van der Waals surface area contributed by atoms with Gasteiger partial charge in [0.25, 0.3) is 0 Å². The van der Waals surface area contributed by atoms with Crippen LogP contribution in [0.1, 0.15) is 5.56 Å². The predicted molar refractivity (Wildman–Crippen MR) is 105 cm³/mol. The van der Waals surface area contributed by atoms with E-state index in [2.05, 4.69) is 10.3 Å². The van der Waals surface area contributed by atoms with Gasteiger partial charge in [0.05, 0.1) is 24.9 Å². The highest BCUT2D eigenvalue weighted by Crippen LogP contribution is 2.36. The molecule has 1 aliphatic rings. The molecule has 3 aromatic rings. The molecule has 0 atom stereocenters. The predicted octanol–water partition coefficient (Wildman–Crippen LogP) is 3.88. The Hall–Kier alpha value is -2.99. The van der Waals surface area contributed by atoms with E-state index in [4.69, 9.17) is 21.1 Å². The normalized spacial score (nSPS) is 12.1. The first-order chi connectivity index (χ1) is 13.1. The number of aromatic nitrogens is 2. The molecular formula is C20H18ClN3O3. The molecule has 7 heteroatoms. The van der Waals surface area contributed by atoms with Crippen molar-refractivity contribution in [3.63, 3.8) is 0 Å². The van der Waals surface area contributed by atoms with Gasteiger partial charge in [0, 0.05) is 18.2 Å². The fraction of sp³-hybridized carbons (Fsp3) is 0.200. The Morgan fingerprint density at radius 1 is 1.15 bits per heavy atom. The number of methoxy groups -OCH3 is 2. The third-order valence-corrected chi connectivity index (χ3v) is 4.97. The van der Waals surface area contributed by atoms with Crippen molar-refractivity contribution in [2.45, 2.75) is 13.0 Å². The minimum Gasteiger partial charge on any atom is -0.497 e. The first-order valence-electron chi connectivity index (χ1n) is 8.49. The average Bonchev–Trinajstić information content (AvgIpc) is 2.68. The van der Waals surface area contributed by atoms with Gasteiger partial charge in [0.15, 0.2) is 0 Å². The highest BCUT2D eigenvalue weighted by molar-refractivity contribution is 6.33. The summed E-state index contributed by atoms with van der Waals surface area (Å²) in [5.74, 6) is 1.80. The molecule has 6 nitrogen and oxygen atoms in total. The van der Waals surface area contributed by atoms with Gasteiger partial charge in [-0.3, -0.25) is 4.57 Å². The molecule has 0 saturated heterocycles. The van der Waals surface area contributed by atoms with E-state index in [9.17, 15) is 4.79 Å². The van der Waals surface area contributed by atoms with Crippen LogP contribution < -0.4 is 20.5 Å². The molecule has 27 heavy (non-hydrogen) atoms. The molecular weight excluding hydrogens is 366 g/mol. The molecule has 0 bridgehead atoms. The number of benzene rings is 2. The standard InChI is InChI=1S/C20H18ClN3O3/c1-26-13-6-7-14-12(10-13)8-9-24-16(14)11-18(23-20(24)25)22-19-15(21)4-3-5-17(19)27-2/h3-7,10-11H,8-9H2,1-2H3,(H,22,23,25). The zero-order valence-corrected chi connectivity index (χ0v) is 15.7. The number of hydrogen-bond donors (Lipinski definition) is 1. The SMILES string of the molecule is COc1ccc2c(c1)CCn1c-2cc(Nc2c(Cl)cccc2OC)nc1=O. The number of aryl methyl sites for hydroxylation is 1. The van der Waals surface area contributed by atoms with Gasteiger partial charge in [-0.2, -0.15) is 4.98 Å². The van der Waals surface area contributed by atoms with Crippen LogP contribution in [0.15, 0.2) is 47.3 Å². The first-order valence-corrected chi connectivity index (χ1v) is 8.87. The monoisotopic (exact) mass is 383 g/mol. The van der Waals surface area contributed by atoms with E-state index < -0.39 is 0 Å². The molecule has 2 aromatic carbocycles. The number of halogens is 1. The van der Waals surface area contributed by atoms with Gasteiger partial charge in [0.1, 0.15) is 23.0 Å². The molecule has 138 valence electrons. The second kappa shape index (κ2) is 6.96. The molecule has 0 amide bonds. The number of rotatable bonds is 4.